The van der Waals surface area contributed by atoms with Crippen LogP contribution in [0.3, 0.4) is 0 Å². The van der Waals surface area contributed by atoms with Crippen LogP contribution >= 0.6 is 0 Å². The predicted molar refractivity (Wildman–Crippen MR) is 109 cm³/mol. The van der Waals surface area contributed by atoms with Crippen molar-refractivity contribution in [3.63, 3.8) is 0 Å². The Labute approximate surface area is 168 Å². The predicted octanol–water partition coefficient (Wildman–Crippen LogP) is 2.95. The molecule has 1 aliphatic rings. The highest BCUT2D eigenvalue weighted by Gasteiger charge is 2.41. The van der Waals surface area contributed by atoms with Crippen LogP contribution in [0.5, 0.6) is 11.5 Å². The summed E-state index contributed by atoms with van der Waals surface area (Å²) in [7, 11) is 3.18. The molecule has 0 saturated carbocycles. The SMILES string of the molecule is COc1ccc([C@@H]2[C@@H](C(=O)Nc3ccccc3)[C@@H](C)Nc3ncnn32)cc1OC. The van der Waals surface area contributed by atoms with Gasteiger partial charge in [0, 0.05) is 11.7 Å². The number of para-hydroxylation sites is 1. The molecule has 3 atom stereocenters. The first-order valence-corrected chi connectivity index (χ1v) is 9.36. The van der Waals surface area contributed by atoms with E-state index in [4.69, 9.17) is 9.47 Å². The van der Waals surface area contributed by atoms with Crippen molar-refractivity contribution < 1.29 is 14.3 Å². The lowest BCUT2D eigenvalue weighted by atomic mass is 9.85. The fraction of sp³-hybridized carbons (Fsp3) is 0.286. The van der Waals surface area contributed by atoms with E-state index in [-0.39, 0.29) is 18.0 Å². The number of amides is 1. The van der Waals surface area contributed by atoms with E-state index in [2.05, 4.69) is 20.7 Å². The van der Waals surface area contributed by atoms with Gasteiger partial charge in [0.1, 0.15) is 6.33 Å². The van der Waals surface area contributed by atoms with E-state index < -0.39 is 5.92 Å². The molecular formula is C21H23N5O3. The third-order valence-electron chi connectivity index (χ3n) is 5.17. The largest absolute Gasteiger partial charge is 0.493 e. The van der Waals surface area contributed by atoms with Gasteiger partial charge in [0.15, 0.2) is 11.5 Å². The molecule has 29 heavy (non-hydrogen) atoms. The molecule has 150 valence electrons. The zero-order valence-electron chi connectivity index (χ0n) is 16.5. The maximum absolute atomic E-state index is 13.3. The third kappa shape index (κ3) is 3.49. The van der Waals surface area contributed by atoms with Gasteiger partial charge < -0.3 is 20.1 Å². The van der Waals surface area contributed by atoms with Gasteiger partial charge in [-0.1, -0.05) is 24.3 Å². The third-order valence-corrected chi connectivity index (χ3v) is 5.17. The molecule has 0 unspecified atom stereocenters. The van der Waals surface area contributed by atoms with Crippen LogP contribution < -0.4 is 20.1 Å². The van der Waals surface area contributed by atoms with Gasteiger partial charge in [0.2, 0.25) is 11.9 Å². The minimum Gasteiger partial charge on any atom is -0.493 e. The molecule has 1 amide bonds. The van der Waals surface area contributed by atoms with Crippen LogP contribution in [0.15, 0.2) is 54.9 Å². The minimum absolute atomic E-state index is 0.0999. The van der Waals surface area contributed by atoms with Gasteiger partial charge in [0.25, 0.3) is 0 Å². The number of nitrogens with one attached hydrogen (secondary N) is 2. The van der Waals surface area contributed by atoms with Crippen LogP contribution in [0.2, 0.25) is 0 Å². The van der Waals surface area contributed by atoms with Crippen LogP contribution in [0.25, 0.3) is 0 Å². The molecule has 0 aliphatic carbocycles. The Morgan fingerprint density at radius 1 is 1.10 bits per heavy atom. The summed E-state index contributed by atoms with van der Waals surface area (Å²) in [6.45, 7) is 1.97. The number of benzene rings is 2. The summed E-state index contributed by atoms with van der Waals surface area (Å²) >= 11 is 0. The summed E-state index contributed by atoms with van der Waals surface area (Å²) in [6.07, 6.45) is 1.49. The molecule has 3 aromatic rings. The summed E-state index contributed by atoms with van der Waals surface area (Å²) in [6, 6.07) is 14.6. The number of methoxy groups -OCH3 is 2. The molecular weight excluding hydrogens is 370 g/mol. The Morgan fingerprint density at radius 2 is 1.86 bits per heavy atom. The Morgan fingerprint density at radius 3 is 2.59 bits per heavy atom. The molecule has 8 nitrogen and oxygen atoms in total. The fourth-order valence-corrected chi connectivity index (χ4v) is 3.78. The summed E-state index contributed by atoms with van der Waals surface area (Å²) in [4.78, 5) is 17.6. The first-order valence-electron chi connectivity index (χ1n) is 9.36. The topological polar surface area (TPSA) is 90.3 Å². The highest BCUT2D eigenvalue weighted by Crippen LogP contribution is 2.39. The number of rotatable bonds is 5. The van der Waals surface area contributed by atoms with Gasteiger partial charge in [-0.15, -0.1) is 0 Å². The minimum atomic E-state index is -0.428. The fourth-order valence-electron chi connectivity index (χ4n) is 3.78. The second-order valence-electron chi connectivity index (χ2n) is 6.90. The number of hydrogen-bond donors (Lipinski definition) is 2. The Balaban J connectivity index is 1.76. The van der Waals surface area contributed by atoms with Crippen molar-refractivity contribution in [3.05, 3.63) is 60.4 Å². The van der Waals surface area contributed by atoms with E-state index >= 15 is 0 Å². The van der Waals surface area contributed by atoms with Crippen LogP contribution in [-0.2, 0) is 4.79 Å². The maximum Gasteiger partial charge on any atom is 0.232 e. The summed E-state index contributed by atoms with van der Waals surface area (Å²) in [5.41, 5.74) is 1.64. The molecule has 0 spiro atoms. The molecule has 1 aliphatic heterocycles. The van der Waals surface area contributed by atoms with Gasteiger partial charge >= 0.3 is 0 Å². The van der Waals surface area contributed by atoms with Gasteiger partial charge in [-0.3, -0.25) is 4.79 Å². The number of hydrogen-bond acceptors (Lipinski definition) is 6. The maximum atomic E-state index is 13.3. The number of nitrogens with zero attached hydrogens (tertiary/aromatic N) is 3. The molecule has 0 bridgehead atoms. The number of carbonyl (C=O) groups is 1. The summed E-state index contributed by atoms with van der Waals surface area (Å²) < 4.78 is 12.6. The van der Waals surface area contributed by atoms with E-state index in [9.17, 15) is 4.79 Å². The van der Waals surface area contributed by atoms with Crippen molar-refractivity contribution in [1.82, 2.24) is 14.8 Å². The number of ether oxygens (including phenoxy) is 2. The lowest BCUT2D eigenvalue weighted by Gasteiger charge is -2.37. The number of anilines is 2. The first-order chi connectivity index (χ1) is 14.1. The normalized spacial score (nSPS) is 20.3. The van der Waals surface area contributed by atoms with E-state index in [1.807, 2.05) is 55.5 Å². The average molecular weight is 393 g/mol. The van der Waals surface area contributed by atoms with Crippen molar-refractivity contribution in [2.75, 3.05) is 24.9 Å². The van der Waals surface area contributed by atoms with Gasteiger partial charge in [-0.25, -0.2) is 4.68 Å². The van der Waals surface area contributed by atoms with Gasteiger partial charge in [-0.2, -0.15) is 10.1 Å². The van der Waals surface area contributed by atoms with Crippen molar-refractivity contribution in [2.45, 2.75) is 19.0 Å². The van der Waals surface area contributed by atoms with E-state index in [1.54, 1.807) is 18.9 Å². The summed E-state index contributed by atoms with van der Waals surface area (Å²) in [5, 5.41) is 10.7. The Kier molecular flexibility index (Phi) is 5.07. The molecule has 2 aromatic carbocycles. The highest BCUT2D eigenvalue weighted by molar-refractivity contribution is 5.94. The van der Waals surface area contributed by atoms with Gasteiger partial charge in [0.05, 0.1) is 26.2 Å². The standard InChI is InChI=1S/C21H23N5O3/c1-13-18(20(27)25-15-7-5-4-6-8-15)19(26-21(24-13)22-12-23-26)14-9-10-16(28-2)17(11-14)29-3/h4-13,18-19H,1-3H3,(H,25,27)(H,22,23,24)/t13-,18+,19-/m1/s1. The molecule has 1 aromatic heterocycles. The number of carbonyl (C=O) groups excluding carboxylic acids is 1. The lowest BCUT2D eigenvalue weighted by molar-refractivity contribution is -0.121. The van der Waals surface area contributed by atoms with E-state index in [0.29, 0.717) is 17.4 Å². The van der Waals surface area contributed by atoms with Crippen LogP contribution in [-0.4, -0.2) is 40.9 Å². The highest BCUT2D eigenvalue weighted by atomic mass is 16.5. The van der Waals surface area contributed by atoms with Crippen molar-refractivity contribution in [3.8, 4) is 11.5 Å². The van der Waals surface area contributed by atoms with Crippen molar-refractivity contribution in [1.29, 1.82) is 0 Å². The second kappa shape index (κ2) is 7.83. The van der Waals surface area contributed by atoms with Crippen LogP contribution in [0.4, 0.5) is 11.6 Å². The Bertz CT molecular complexity index is 1000. The molecule has 2 N–H and O–H groups in total. The van der Waals surface area contributed by atoms with E-state index in [0.717, 1.165) is 11.3 Å². The first kappa shape index (κ1) is 18.8. The molecule has 0 radical (unpaired) electrons. The quantitative estimate of drug-likeness (QED) is 0.693. The van der Waals surface area contributed by atoms with E-state index in [1.165, 1.54) is 6.33 Å². The average Bonchev–Trinajstić information content (AvgIpc) is 3.20. The van der Waals surface area contributed by atoms with Crippen molar-refractivity contribution in [2.24, 2.45) is 5.92 Å². The smallest absolute Gasteiger partial charge is 0.232 e. The van der Waals surface area contributed by atoms with Crippen LogP contribution in [0.1, 0.15) is 18.5 Å². The summed E-state index contributed by atoms with van der Waals surface area (Å²) in [5.74, 6) is 1.32. The second-order valence-corrected chi connectivity index (χ2v) is 6.90. The van der Waals surface area contributed by atoms with Gasteiger partial charge in [-0.05, 0) is 36.8 Å². The zero-order chi connectivity index (χ0) is 20.4. The Hall–Kier alpha value is -3.55. The molecule has 2 heterocycles. The molecule has 0 fully saturated rings. The molecule has 0 saturated heterocycles. The van der Waals surface area contributed by atoms with Crippen molar-refractivity contribution >= 4 is 17.5 Å². The number of aromatic nitrogens is 3. The zero-order valence-corrected chi connectivity index (χ0v) is 16.5. The monoisotopic (exact) mass is 393 g/mol. The van der Waals surface area contributed by atoms with Crippen LogP contribution in [0, 0.1) is 5.92 Å². The molecule has 8 heteroatoms. The molecule has 4 rings (SSSR count). The number of fused-ring (bicyclic) bond motifs is 1. The lowest BCUT2D eigenvalue weighted by Crippen LogP contribution is -2.46.